The molecular formula is C19H35I3N2O. The molecule has 4 atom stereocenters. The SMILES string of the molecule is CCC[C@H](NC)[C@@H](CC/C(=C\I)N(CI)C(I)[C@@H](C)OC)C1CCC1. The predicted molar refractivity (Wildman–Crippen MR) is 135 cm³/mol. The average molecular weight is 688 g/mol. The number of nitrogens with one attached hydrogen (secondary N) is 1. The molecule has 1 unspecified atom stereocenters. The normalized spacial score (nSPS) is 20.7. The monoisotopic (exact) mass is 688 g/mol. The third-order valence-electron chi connectivity index (χ3n) is 5.66. The lowest BCUT2D eigenvalue weighted by Crippen LogP contribution is -2.41. The van der Waals surface area contributed by atoms with Crippen molar-refractivity contribution in [2.24, 2.45) is 11.8 Å². The largest absolute Gasteiger partial charge is 0.379 e. The summed E-state index contributed by atoms with van der Waals surface area (Å²) in [7, 11) is 3.96. The Hall–Kier alpha value is 1.65. The number of rotatable bonds is 13. The molecule has 1 rings (SSSR count). The van der Waals surface area contributed by atoms with Crippen molar-refractivity contribution in [1.82, 2.24) is 10.2 Å². The Balaban J connectivity index is 2.76. The zero-order valence-electron chi connectivity index (χ0n) is 16.1. The first kappa shape index (κ1) is 24.7. The maximum absolute atomic E-state index is 5.58. The Morgan fingerprint density at radius 3 is 2.44 bits per heavy atom. The summed E-state index contributed by atoms with van der Waals surface area (Å²) in [6.45, 7) is 4.47. The summed E-state index contributed by atoms with van der Waals surface area (Å²) in [6.07, 6.45) is 9.56. The molecule has 1 N–H and O–H groups in total. The van der Waals surface area contributed by atoms with E-state index < -0.39 is 0 Å². The second kappa shape index (κ2) is 13.8. The fraction of sp³-hybridized carbons (Fsp3) is 0.895. The molecule has 3 nitrogen and oxygen atoms in total. The molecule has 0 aromatic rings. The van der Waals surface area contributed by atoms with Crippen molar-refractivity contribution in [3.8, 4) is 0 Å². The molecule has 0 aromatic carbocycles. The van der Waals surface area contributed by atoms with Gasteiger partial charge in [0.25, 0.3) is 0 Å². The number of methoxy groups -OCH3 is 1. The summed E-state index contributed by atoms with van der Waals surface area (Å²) in [5, 5.41) is 3.63. The highest BCUT2D eigenvalue weighted by atomic mass is 127. The Morgan fingerprint density at radius 2 is 2.04 bits per heavy atom. The van der Waals surface area contributed by atoms with E-state index in [4.69, 9.17) is 4.74 Å². The van der Waals surface area contributed by atoms with E-state index in [0.717, 1.165) is 16.4 Å². The predicted octanol–water partition coefficient (Wildman–Crippen LogP) is 6.34. The minimum Gasteiger partial charge on any atom is -0.379 e. The number of halogens is 3. The second-order valence-corrected chi connectivity index (χ2v) is 9.66. The Labute approximate surface area is 196 Å². The zero-order chi connectivity index (χ0) is 18.8. The third-order valence-corrected chi connectivity index (χ3v) is 8.80. The molecule has 25 heavy (non-hydrogen) atoms. The number of alkyl halides is 2. The van der Waals surface area contributed by atoms with E-state index in [1.54, 1.807) is 0 Å². The van der Waals surface area contributed by atoms with E-state index in [-0.39, 0.29) is 6.10 Å². The van der Waals surface area contributed by atoms with Gasteiger partial charge >= 0.3 is 0 Å². The molecule has 1 fully saturated rings. The molecule has 0 saturated heterocycles. The first-order valence-corrected chi connectivity index (χ1v) is 13.5. The van der Waals surface area contributed by atoms with Crippen LogP contribution in [-0.2, 0) is 4.74 Å². The van der Waals surface area contributed by atoms with Gasteiger partial charge in [-0.25, -0.2) is 0 Å². The molecule has 0 bridgehead atoms. The van der Waals surface area contributed by atoms with Crippen LogP contribution in [0.15, 0.2) is 9.78 Å². The molecule has 6 heteroatoms. The zero-order valence-corrected chi connectivity index (χ0v) is 22.6. The van der Waals surface area contributed by atoms with Crippen molar-refractivity contribution in [2.75, 3.05) is 18.7 Å². The molecule has 0 aliphatic heterocycles. The van der Waals surface area contributed by atoms with Gasteiger partial charge in [-0.15, -0.1) is 0 Å². The van der Waals surface area contributed by atoms with Crippen LogP contribution in [0.4, 0.5) is 0 Å². The lowest BCUT2D eigenvalue weighted by atomic mass is 9.70. The van der Waals surface area contributed by atoms with E-state index in [0.29, 0.717) is 10.1 Å². The fourth-order valence-corrected chi connectivity index (χ4v) is 6.89. The standard InChI is InChI=1S/C19H35I3N2O/c1-5-7-18(23-3)17(15-8-6-9-15)11-10-16(12-20)24(13-21)19(22)14(2)25-4/h12,14-15,17-19,23H,5-11,13H2,1-4H3/b16-12+/t14-,17+,18+,19?/m1/s1. The van der Waals surface area contributed by atoms with E-state index in [9.17, 15) is 0 Å². The maximum Gasteiger partial charge on any atom is 0.107 e. The first-order chi connectivity index (χ1) is 12.0. The molecular weight excluding hydrogens is 653 g/mol. The Morgan fingerprint density at radius 1 is 1.36 bits per heavy atom. The van der Waals surface area contributed by atoms with Crippen LogP contribution < -0.4 is 5.32 Å². The van der Waals surface area contributed by atoms with Crippen LogP contribution >= 0.6 is 67.8 Å². The van der Waals surface area contributed by atoms with Gasteiger partial charge in [-0.3, -0.25) is 0 Å². The minimum atomic E-state index is 0.231. The van der Waals surface area contributed by atoms with Crippen molar-refractivity contribution in [3.05, 3.63) is 9.78 Å². The minimum absolute atomic E-state index is 0.231. The summed E-state index contributed by atoms with van der Waals surface area (Å²) < 4.78 is 9.24. The number of hydrogen-bond acceptors (Lipinski definition) is 3. The Bertz CT molecular complexity index is 391. The lowest BCUT2D eigenvalue weighted by Gasteiger charge is -2.40. The molecule has 1 saturated carbocycles. The number of hydrogen-bond donors (Lipinski definition) is 1. The quantitative estimate of drug-likeness (QED) is 0.139. The van der Waals surface area contributed by atoms with Crippen LogP contribution in [0.2, 0.25) is 0 Å². The second-order valence-electron chi connectivity index (χ2n) is 7.08. The number of allylic oxidation sites excluding steroid dienone is 1. The number of ether oxygens (including phenoxy) is 1. The highest BCUT2D eigenvalue weighted by Crippen LogP contribution is 2.39. The van der Waals surface area contributed by atoms with Crippen LogP contribution in [-0.4, -0.2) is 39.8 Å². The van der Waals surface area contributed by atoms with Crippen molar-refractivity contribution >= 4 is 67.8 Å². The van der Waals surface area contributed by atoms with Gasteiger partial charge in [0.05, 0.1) is 10.7 Å². The fourth-order valence-electron chi connectivity index (χ4n) is 3.76. The van der Waals surface area contributed by atoms with Crippen molar-refractivity contribution in [1.29, 1.82) is 0 Å². The molecule has 148 valence electrons. The molecule has 0 aromatic heterocycles. The van der Waals surface area contributed by atoms with Gasteiger partial charge < -0.3 is 15.0 Å². The van der Waals surface area contributed by atoms with Gasteiger partial charge in [0.2, 0.25) is 0 Å². The smallest absolute Gasteiger partial charge is 0.107 e. The van der Waals surface area contributed by atoms with Gasteiger partial charge in [-0.1, -0.05) is 100 Å². The highest BCUT2D eigenvalue weighted by molar-refractivity contribution is 14.1. The van der Waals surface area contributed by atoms with E-state index in [1.165, 1.54) is 50.6 Å². The molecule has 1 aliphatic carbocycles. The maximum atomic E-state index is 5.58. The van der Waals surface area contributed by atoms with Crippen molar-refractivity contribution in [3.63, 3.8) is 0 Å². The summed E-state index contributed by atoms with van der Waals surface area (Å²) in [5.74, 6) is 1.74. The molecule has 0 heterocycles. The summed E-state index contributed by atoms with van der Waals surface area (Å²) in [4.78, 5) is 2.51. The molecule has 0 radical (unpaired) electrons. The summed E-state index contributed by atoms with van der Waals surface area (Å²) >= 11 is 7.44. The highest BCUT2D eigenvalue weighted by Gasteiger charge is 2.32. The van der Waals surface area contributed by atoms with Crippen LogP contribution in [0, 0.1) is 11.8 Å². The van der Waals surface area contributed by atoms with Gasteiger partial charge in [0, 0.05) is 18.8 Å². The average Bonchev–Trinajstić information content (AvgIpc) is 2.59. The lowest BCUT2D eigenvalue weighted by molar-refractivity contribution is 0.0845. The molecule has 0 amide bonds. The van der Waals surface area contributed by atoms with E-state index in [1.807, 2.05) is 7.11 Å². The van der Waals surface area contributed by atoms with E-state index >= 15 is 0 Å². The van der Waals surface area contributed by atoms with Crippen LogP contribution in [0.1, 0.15) is 58.8 Å². The van der Waals surface area contributed by atoms with Gasteiger partial charge in [0.1, 0.15) is 4.05 Å². The topological polar surface area (TPSA) is 24.5 Å². The summed E-state index contributed by atoms with van der Waals surface area (Å²) in [5.41, 5.74) is 1.47. The third kappa shape index (κ3) is 7.53. The molecule has 0 spiro atoms. The van der Waals surface area contributed by atoms with Crippen LogP contribution in [0.5, 0.6) is 0 Å². The van der Waals surface area contributed by atoms with E-state index in [2.05, 4.69) is 103 Å². The Kier molecular flexibility index (Phi) is 13.6. The first-order valence-electron chi connectivity index (χ1n) is 9.49. The summed E-state index contributed by atoms with van der Waals surface area (Å²) in [6, 6.07) is 0.673. The van der Waals surface area contributed by atoms with Crippen molar-refractivity contribution < 1.29 is 4.74 Å². The van der Waals surface area contributed by atoms with Crippen LogP contribution in [0.25, 0.3) is 0 Å². The van der Waals surface area contributed by atoms with Crippen molar-refractivity contribution in [2.45, 2.75) is 75.0 Å². The van der Waals surface area contributed by atoms with Gasteiger partial charge in [-0.05, 0) is 49.2 Å². The van der Waals surface area contributed by atoms with Gasteiger partial charge in [0.15, 0.2) is 0 Å². The van der Waals surface area contributed by atoms with Crippen LogP contribution in [0.3, 0.4) is 0 Å². The molecule has 1 aliphatic rings. The van der Waals surface area contributed by atoms with Gasteiger partial charge in [-0.2, -0.15) is 0 Å². The number of nitrogens with zero attached hydrogens (tertiary/aromatic N) is 1.